The molecule has 104 valence electrons. The third kappa shape index (κ3) is 2.67. The molecule has 0 bridgehead atoms. The van der Waals surface area contributed by atoms with Crippen LogP contribution in [-0.2, 0) is 0 Å². The van der Waals surface area contributed by atoms with E-state index in [9.17, 15) is 4.79 Å². The Morgan fingerprint density at radius 2 is 1.62 bits per heavy atom. The van der Waals surface area contributed by atoms with E-state index < -0.39 is 5.97 Å². The maximum Gasteiger partial charge on any atom is 0.335 e. The molecule has 1 heterocycles. The SMILES string of the molecule is Cc1ccc(-c2nc(-c3ccc(C(=O)O)cc3)no2)cc1. The molecule has 0 spiro atoms. The molecule has 0 amide bonds. The van der Waals surface area contributed by atoms with Crippen LogP contribution >= 0.6 is 0 Å². The van der Waals surface area contributed by atoms with Crippen LogP contribution in [0.2, 0.25) is 0 Å². The Kier molecular flexibility index (Phi) is 3.23. The van der Waals surface area contributed by atoms with Crippen molar-refractivity contribution in [3.05, 3.63) is 59.7 Å². The van der Waals surface area contributed by atoms with Gasteiger partial charge in [0.05, 0.1) is 5.56 Å². The number of nitrogens with zero attached hydrogens (tertiary/aromatic N) is 2. The van der Waals surface area contributed by atoms with Crippen molar-refractivity contribution < 1.29 is 14.4 Å². The Balaban J connectivity index is 1.90. The first-order valence-corrected chi connectivity index (χ1v) is 6.38. The van der Waals surface area contributed by atoms with Gasteiger partial charge in [0.25, 0.3) is 5.89 Å². The third-order valence-corrected chi connectivity index (χ3v) is 3.11. The molecule has 0 aliphatic heterocycles. The van der Waals surface area contributed by atoms with Gasteiger partial charge in [-0.05, 0) is 31.2 Å². The van der Waals surface area contributed by atoms with Gasteiger partial charge in [-0.1, -0.05) is 35.0 Å². The predicted octanol–water partition coefficient (Wildman–Crippen LogP) is 3.41. The Labute approximate surface area is 120 Å². The number of rotatable bonds is 3. The highest BCUT2D eigenvalue weighted by Gasteiger charge is 2.11. The van der Waals surface area contributed by atoms with Crippen molar-refractivity contribution in [2.24, 2.45) is 0 Å². The number of carboxylic acids is 1. The Morgan fingerprint density at radius 1 is 1.00 bits per heavy atom. The van der Waals surface area contributed by atoms with E-state index >= 15 is 0 Å². The number of aryl methyl sites for hydroxylation is 1. The molecule has 0 aliphatic carbocycles. The monoisotopic (exact) mass is 280 g/mol. The number of hydrogen-bond donors (Lipinski definition) is 1. The molecule has 5 heteroatoms. The first-order valence-electron chi connectivity index (χ1n) is 6.38. The van der Waals surface area contributed by atoms with Gasteiger partial charge >= 0.3 is 5.97 Å². The Bertz CT molecular complexity index is 774. The first kappa shape index (κ1) is 13.1. The fourth-order valence-electron chi connectivity index (χ4n) is 1.92. The van der Waals surface area contributed by atoms with Crippen molar-refractivity contribution in [1.29, 1.82) is 0 Å². The second-order valence-electron chi connectivity index (χ2n) is 4.67. The van der Waals surface area contributed by atoms with Gasteiger partial charge in [0.15, 0.2) is 0 Å². The van der Waals surface area contributed by atoms with Crippen molar-refractivity contribution in [3.8, 4) is 22.8 Å². The molecule has 2 aromatic carbocycles. The minimum Gasteiger partial charge on any atom is -0.478 e. The molecule has 0 atom stereocenters. The summed E-state index contributed by atoms with van der Waals surface area (Å²) in [6.07, 6.45) is 0. The summed E-state index contributed by atoms with van der Waals surface area (Å²) in [5, 5.41) is 12.8. The van der Waals surface area contributed by atoms with Gasteiger partial charge in [-0.15, -0.1) is 0 Å². The highest BCUT2D eigenvalue weighted by molar-refractivity contribution is 5.88. The molecule has 21 heavy (non-hydrogen) atoms. The molecule has 0 fully saturated rings. The molecule has 1 N–H and O–H groups in total. The maximum absolute atomic E-state index is 10.8. The van der Waals surface area contributed by atoms with E-state index in [1.165, 1.54) is 12.1 Å². The number of aromatic carboxylic acids is 1. The normalized spacial score (nSPS) is 10.5. The van der Waals surface area contributed by atoms with Crippen LogP contribution in [-0.4, -0.2) is 21.2 Å². The average molecular weight is 280 g/mol. The van der Waals surface area contributed by atoms with Crippen LogP contribution in [0.25, 0.3) is 22.8 Å². The smallest absolute Gasteiger partial charge is 0.335 e. The van der Waals surface area contributed by atoms with Crippen LogP contribution in [0.3, 0.4) is 0 Å². The number of aromatic nitrogens is 2. The Morgan fingerprint density at radius 3 is 2.24 bits per heavy atom. The third-order valence-electron chi connectivity index (χ3n) is 3.11. The van der Waals surface area contributed by atoms with Gasteiger partial charge in [0, 0.05) is 11.1 Å². The van der Waals surface area contributed by atoms with E-state index in [0.717, 1.165) is 11.1 Å². The van der Waals surface area contributed by atoms with E-state index in [2.05, 4.69) is 10.1 Å². The van der Waals surface area contributed by atoms with Crippen LogP contribution in [0.5, 0.6) is 0 Å². The van der Waals surface area contributed by atoms with Crippen LogP contribution in [0.15, 0.2) is 53.1 Å². The summed E-state index contributed by atoms with van der Waals surface area (Å²) >= 11 is 0. The fourth-order valence-corrected chi connectivity index (χ4v) is 1.92. The zero-order valence-corrected chi connectivity index (χ0v) is 11.3. The number of benzene rings is 2. The molecule has 0 radical (unpaired) electrons. The molecular formula is C16H12N2O3. The lowest BCUT2D eigenvalue weighted by Crippen LogP contribution is -1.95. The van der Waals surface area contributed by atoms with Crippen molar-refractivity contribution >= 4 is 5.97 Å². The van der Waals surface area contributed by atoms with Gasteiger partial charge in [0.1, 0.15) is 0 Å². The van der Waals surface area contributed by atoms with E-state index in [1.807, 2.05) is 31.2 Å². The second kappa shape index (κ2) is 5.20. The van der Waals surface area contributed by atoms with Gasteiger partial charge in [-0.2, -0.15) is 4.98 Å². The molecule has 0 saturated heterocycles. The Hall–Kier alpha value is -2.95. The zero-order valence-electron chi connectivity index (χ0n) is 11.3. The second-order valence-corrected chi connectivity index (χ2v) is 4.67. The summed E-state index contributed by atoms with van der Waals surface area (Å²) in [7, 11) is 0. The minimum absolute atomic E-state index is 0.223. The van der Waals surface area contributed by atoms with Gasteiger partial charge in [0.2, 0.25) is 5.82 Å². The van der Waals surface area contributed by atoms with E-state index in [1.54, 1.807) is 12.1 Å². The summed E-state index contributed by atoms with van der Waals surface area (Å²) in [5.41, 5.74) is 2.94. The predicted molar refractivity (Wildman–Crippen MR) is 76.9 cm³/mol. The summed E-state index contributed by atoms with van der Waals surface area (Å²) in [4.78, 5) is 15.1. The minimum atomic E-state index is -0.963. The molecule has 5 nitrogen and oxygen atoms in total. The lowest BCUT2D eigenvalue weighted by Gasteiger charge is -1.96. The summed E-state index contributed by atoms with van der Waals surface area (Å²) < 4.78 is 5.25. The molecular weight excluding hydrogens is 268 g/mol. The highest BCUT2D eigenvalue weighted by Crippen LogP contribution is 2.22. The average Bonchev–Trinajstić information content (AvgIpc) is 2.98. The van der Waals surface area contributed by atoms with Crippen LogP contribution in [0.4, 0.5) is 0 Å². The molecule has 3 aromatic rings. The largest absolute Gasteiger partial charge is 0.478 e. The van der Waals surface area contributed by atoms with Gasteiger partial charge in [-0.25, -0.2) is 4.79 Å². The standard InChI is InChI=1S/C16H12N2O3/c1-10-2-4-12(5-3-10)15-17-14(18-21-15)11-6-8-13(9-7-11)16(19)20/h2-9H,1H3,(H,19,20). The van der Waals surface area contributed by atoms with Gasteiger partial charge in [-0.3, -0.25) is 0 Å². The van der Waals surface area contributed by atoms with Crippen molar-refractivity contribution in [2.75, 3.05) is 0 Å². The zero-order chi connectivity index (χ0) is 14.8. The van der Waals surface area contributed by atoms with Crippen LogP contribution in [0, 0.1) is 6.92 Å². The maximum atomic E-state index is 10.8. The number of hydrogen-bond acceptors (Lipinski definition) is 4. The van der Waals surface area contributed by atoms with Crippen molar-refractivity contribution in [1.82, 2.24) is 10.1 Å². The summed E-state index contributed by atoms with van der Waals surface area (Å²) in [6, 6.07) is 14.1. The highest BCUT2D eigenvalue weighted by atomic mass is 16.5. The fraction of sp³-hybridized carbons (Fsp3) is 0.0625. The first-order chi connectivity index (χ1) is 10.1. The molecule has 3 rings (SSSR count). The number of carboxylic acid groups (broad SMARTS) is 1. The van der Waals surface area contributed by atoms with E-state index in [-0.39, 0.29) is 5.56 Å². The lowest BCUT2D eigenvalue weighted by molar-refractivity contribution is 0.0697. The van der Waals surface area contributed by atoms with Crippen molar-refractivity contribution in [3.63, 3.8) is 0 Å². The van der Waals surface area contributed by atoms with Crippen LogP contribution < -0.4 is 0 Å². The van der Waals surface area contributed by atoms with E-state index in [4.69, 9.17) is 9.63 Å². The van der Waals surface area contributed by atoms with Crippen LogP contribution in [0.1, 0.15) is 15.9 Å². The summed E-state index contributed by atoms with van der Waals surface area (Å²) in [6.45, 7) is 2.01. The molecule has 0 unspecified atom stereocenters. The molecule has 0 aliphatic rings. The van der Waals surface area contributed by atoms with Crippen molar-refractivity contribution in [2.45, 2.75) is 6.92 Å². The number of carbonyl (C=O) groups is 1. The quantitative estimate of drug-likeness (QED) is 0.795. The molecule has 0 saturated carbocycles. The van der Waals surface area contributed by atoms with E-state index in [0.29, 0.717) is 17.3 Å². The lowest BCUT2D eigenvalue weighted by atomic mass is 10.1. The van der Waals surface area contributed by atoms with Gasteiger partial charge < -0.3 is 9.63 Å². The molecule has 1 aromatic heterocycles. The summed E-state index contributed by atoms with van der Waals surface area (Å²) in [5.74, 6) is -0.0927. The topological polar surface area (TPSA) is 76.2 Å².